The largest absolute Gasteiger partial charge is 0.334 e. The van der Waals surface area contributed by atoms with Crippen LogP contribution < -0.4 is 4.90 Å². The van der Waals surface area contributed by atoms with E-state index in [0.717, 1.165) is 21.7 Å². The van der Waals surface area contributed by atoms with Crippen LogP contribution >= 0.6 is 11.8 Å². The Bertz CT molecular complexity index is 953. The molecule has 0 radical (unpaired) electrons. The standard InChI is InChI=1S/C20H19N3O2S/c1-13-6-3-4-9-17(13)20-21-19(22-25-20)14-10-18(24)23(12-14)15-7-5-8-16(11-15)26-2/h3-9,11,14H,10,12H2,1-2H3. The predicted octanol–water partition coefficient (Wildman–Crippen LogP) is 4.29. The summed E-state index contributed by atoms with van der Waals surface area (Å²) in [6, 6.07) is 15.9. The van der Waals surface area contributed by atoms with Crippen LogP contribution in [0.25, 0.3) is 11.5 Å². The number of nitrogens with zero attached hydrogens (tertiary/aromatic N) is 3. The number of hydrogen-bond acceptors (Lipinski definition) is 5. The molecule has 132 valence electrons. The second-order valence-corrected chi connectivity index (χ2v) is 7.26. The van der Waals surface area contributed by atoms with Gasteiger partial charge >= 0.3 is 0 Å². The van der Waals surface area contributed by atoms with Crippen molar-refractivity contribution in [1.29, 1.82) is 0 Å². The molecule has 1 amide bonds. The van der Waals surface area contributed by atoms with E-state index in [9.17, 15) is 4.79 Å². The van der Waals surface area contributed by atoms with Crippen molar-refractivity contribution >= 4 is 23.4 Å². The molecule has 26 heavy (non-hydrogen) atoms. The highest BCUT2D eigenvalue weighted by atomic mass is 32.2. The van der Waals surface area contributed by atoms with Gasteiger partial charge in [-0.15, -0.1) is 11.8 Å². The van der Waals surface area contributed by atoms with Crippen LogP contribution in [0.5, 0.6) is 0 Å². The van der Waals surface area contributed by atoms with E-state index in [-0.39, 0.29) is 11.8 Å². The van der Waals surface area contributed by atoms with Gasteiger partial charge in [0.25, 0.3) is 5.89 Å². The number of aromatic nitrogens is 2. The molecule has 1 unspecified atom stereocenters. The van der Waals surface area contributed by atoms with Gasteiger partial charge in [-0.1, -0.05) is 29.4 Å². The first-order chi connectivity index (χ1) is 12.7. The zero-order valence-corrected chi connectivity index (χ0v) is 15.5. The summed E-state index contributed by atoms with van der Waals surface area (Å²) in [7, 11) is 0. The topological polar surface area (TPSA) is 59.2 Å². The number of anilines is 1. The van der Waals surface area contributed by atoms with Gasteiger partial charge in [-0.3, -0.25) is 4.79 Å². The number of thioether (sulfide) groups is 1. The molecule has 4 rings (SSSR count). The Morgan fingerprint density at radius 2 is 2.04 bits per heavy atom. The summed E-state index contributed by atoms with van der Waals surface area (Å²) < 4.78 is 5.46. The first-order valence-corrected chi connectivity index (χ1v) is 9.72. The van der Waals surface area contributed by atoms with Crippen LogP contribution in [0.3, 0.4) is 0 Å². The molecule has 0 bridgehead atoms. The maximum absolute atomic E-state index is 12.5. The lowest BCUT2D eigenvalue weighted by atomic mass is 10.1. The van der Waals surface area contributed by atoms with E-state index in [1.54, 1.807) is 11.8 Å². The molecule has 1 atom stereocenters. The average Bonchev–Trinajstić information content (AvgIpc) is 3.29. The van der Waals surface area contributed by atoms with Crippen molar-refractivity contribution in [3.8, 4) is 11.5 Å². The molecule has 2 aromatic carbocycles. The number of hydrogen-bond donors (Lipinski definition) is 0. The lowest BCUT2D eigenvalue weighted by molar-refractivity contribution is -0.117. The maximum atomic E-state index is 12.5. The van der Waals surface area contributed by atoms with Crippen molar-refractivity contribution in [2.45, 2.75) is 24.2 Å². The summed E-state index contributed by atoms with van der Waals surface area (Å²) in [6.45, 7) is 2.59. The van der Waals surface area contributed by atoms with E-state index >= 15 is 0 Å². The molecule has 0 saturated carbocycles. The zero-order chi connectivity index (χ0) is 18.1. The first-order valence-electron chi connectivity index (χ1n) is 8.49. The van der Waals surface area contributed by atoms with Crippen molar-refractivity contribution in [2.75, 3.05) is 17.7 Å². The van der Waals surface area contributed by atoms with E-state index < -0.39 is 0 Å². The molecule has 1 fully saturated rings. The lowest BCUT2D eigenvalue weighted by Crippen LogP contribution is -2.24. The molecule has 1 aromatic heterocycles. The zero-order valence-electron chi connectivity index (χ0n) is 14.7. The van der Waals surface area contributed by atoms with Crippen LogP contribution in [0.15, 0.2) is 57.9 Å². The van der Waals surface area contributed by atoms with Crippen molar-refractivity contribution in [1.82, 2.24) is 10.1 Å². The van der Waals surface area contributed by atoms with Crippen molar-refractivity contribution < 1.29 is 9.32 Å². The van der Waals surface area contributed by atoms with Crippen LogP contribution in [0.2, 0.25) is 0 Å². The molecule has 0 spiro atoms. The van der Waals surface area contributed by atoms with Crippen molar-refractivity contribution in [3.05, 3.63) is 59.9 Å². The molecule has 1 saturated heterocycles. The number of aryl methyl sites for hydroxylation is 1. The third-order valence-electron chi connectivity index (χ3n) is 4.67. The van der Waals surface area contributed by atoms with Gasteiger partial charge in [-0.05, 0) is 43.0 Å². The number of carbonyl (C=O) groups excluding carboxylic acids is 1. The van der Waals surface area contributed by atoms with Crippen LogP contribution in [-0.2, 0) is 4.79 Å². The average molecular weight is 365 g/mol. The molecule has 1 aliphatic heterocycles. The highest BCUT2D eigenvalue weighted by Gasteiger charge is 2.34. The normalized spacial score (nSPS) is 17.1. The summed E-state index contributed by atoms with van der Waals surface area (Å²) in [4.78, 5) is 20.0. The van der Waals surface area contributed by atoms with E-state index in [1.165, 1.54) is 0 Å². The molecule has 2 heterocycles. The number of rotatable bonds is 4. The fraction of sp³-hybridized carbons (Fsp3) is 0.250. The van der Waals surface area contributed by atoms with Crippen molar-refractivity contribution in [3.63, 3.8) is 0 Å². The van der Waals surface area contributed by atoms with Gasteiger partial charge in [0.2, 0.25) is 5.91 Å². The summed E-state index contributed by atoms with van der Waals surface area (Å²) in [5.74, 6) is 1.14. The summed E-state index contributed by atoms with van der Waals surface area (Å²) in [6.07, 6.45) is 2.43. The van der Waals surface area contributed by atoms with Gasteiger partial charge in [0.05, 0.1) is 0 Å². The second kappa shape index (κ2) is 6.96. The van der Waals surface area contributed by atoms with Gasteiger partial charge in [0.15, 0.2) is 5.82 Å². The van der Waals surface area contributed by atoms with E-state index in [1.807, 2.05) is 66.6 Å². The Labute approximate surface area is 156 Å². The van der Waals surface area contributed by atoms with Gasteiger partial charge in [0, 0.05) is 35.0 Å². The minimum absolute atomic E-state index is 0.0537. The van der Waals surface area contributed by atoms with Gasteiger partial charge in [-0.2, -0.15) is 4.98 Å². The maximum Gasteiger partial charge on any atom is 0.258 e. The fourth-order valence-corrected chi connectivity index (χ4v) is 3.68. The molecule has 0 aliphatic carbocycles. The van der Waals surface area contributed by atoms with Gasteiger partial charge in [0.1, 0.15) is 0 Å². The highest BCUT2D eigenvalue weighted by Crippen LogP contribution is 2.33. The van der Waals surface area contributed by atoms with E-state index in [0.29, 0.717) is 24.7 Å². The van der Waals surface area contributed by atoms with Crippen LogP contribution in [-0.4, -0.2) is 28.8 Å². The number of carbonyl (C=O) groups is 1. The smallest absolute Gasteiger partial charge is 0.258 e. The quantitative estimate of drug-likeness (QED) is 0.646. The Morgan fingerprint density at radius 3 is 2.85 bits per heavy atom. The molecule has 6 heteroatoms. The number of amides is 1. The fourth-order valence-electron chi connectivity index (χ4n) is 3.23. The first kappa shape index (κ1) is 16.8. The van der Waals surface area contributed by atoms with Gasteiger partial charge < -0.3 is 9.42 Å². The van der Waals surface area contributed by atoms with Crippen LogP contribution in [0.4, 0.5) is 5.69 Å². The molecule has 1 aliphatic rings. The molecular formula is C20H19N3O2S. The van der Waals surface area contributed by atoms with E-state index in [4.69, 9.17) is 4.52 Å². The summed E-state index contributed by atoms with van der Waals surface area (Å²) in [5.41, 5.74) is 2.94. The lowest BCUT2D eigenvalue weighted by Gasteiger charge is -2.16. The Morgan fingerprint density at radius 1 is 1.19 bits per heavy atom. The predicted molar refractivity (Wildman–Crippen MR) is 102 cm³/mol. The monoisotopic (exact) mass is 365 g/mol. The second-order valence-electron chi connectivity index (χ2n) is 6.38. The molecular weight excluding hydrogens is 346 g/mol. The summed E-state index contributed by atoms with van der Waals surface area (Å²) >= 11 is 1.66. The number of benzene rings is 2. The van der Waals surface area contributed by atoms with E-state index in [2.05, 4.69) is 10.1 Å². The van der Waals surface area contributed by atoms with Crippen molar-refractivity contribution in [2.24, 2.45) is 0 Å². The molecule has 3 aromatic rings. The molecule has 0 N–H and O–H groups in total. The SMILES string of the molecule is CSc1cccc(N2CC(c3noc(-c4ccccc4C)n3)CC2=O)c1. The van der Waals surface area contributed by atoms with Gasteiger partial charge in [-0.25, -0.2) is 0 Å². The summed E-state index contributed by atoms with van der Waals surface area (Å²) in [5, 5.41) is 4.14. The minimum Gasteiger partial charge on any atom is -0.334 e. The Kier molecular flexibility index (Phi) is 4.51. The minimum atomic E-state index is -0.0537. The van der Waals surface area contributed by atoms with Crippen LogP contribution in [0, 0.1) is 6.92 Å². The van der Waals surface area contributed by atoms with Crippen LogP contribution in [0.1, 0.15) is 23.7 Å². The third kappa shape index (κ3) is 3.12. The molecule has 5 nitrogen and oxygen atoms in total. The Balaban J connectivity index is 1.57. The third-order valence-corrected chi connectivity index (χ3v) is 5.40. The Hall–Kier alpha value is -2.60. The highest BCUT2D eigenvalue weighted by molar-refractivity contribution is 7.98.